The molecule has 1 aromatic rings. The largest absolute Gasteiger partial charge is 0.341 e. The van der Waals surface area contributed by atoms with Crippen molar-refractivity contribution in [1.29, 1.82) is 0 Å². The predicted molar refractivity (Wildman–Crippen MR) is 72.4 cm³/mol. The average molecular weight is 265 g/mol. The maximum Gasteiger partial charge on any atom is 0.244 e. The fourth-order valence-corrected chi connectivity index (χ4v) is 2.06. The molecular formula is C13H23N5O. The molecular weight excluding hydrogens is 242 g/mol. The van der Waals surface area contributed by atoms with E-state index in [4.69, 9.17) is 0 Å². The third-order valence-electron chi connectivity index (χ3n) is 3.14. The van der Waals surface area contributed by atoms with Crippen LogP contribution in [-0.4, -0.2) is 44.4 Å². The van der Waals surface area contributed by atoms with Gasteiger partial charge in [0.2, 0.25) is 5.91 Å². The normalized spacial score (nSPS) is 16.1. The maximum atomic E-state index is 12.0. The molecule has 1 N–H and O–H groups in total. The molecule has 106 valence electrons. The van der Waals surface area contributed by atoms with Gasteiger partial charge < -0.3 is 10.2 Å². The number of likely N-dealkylation sites (tertiary alicyclic amines) is 1. The zero-order valence-electron chi connectivity index (χ0n) is 12.0. The molecule has 2 rings (SSSR count). The highest BCUT2D eigenvalue weighted by molar-refractivity contribution is 5.76. The Hall–Kier alpha value is -1.43. The summed E-state index contributed by atoms with van der Waals surface area (Å²) in [6.45, 7) is 9.04. The van der Waals surface area contributed by atoms with Gasteiger partial charge in [0.15, 0.2) is 0 Å². The van der Waals surface area contributed by atoms with Crippen LogP contribution in [-0.2, 0) is 17.9 Å². The minimum Gasteiger partial charge on any atom is -0.341 e. The van der Waals surface area contributed by atoms with E-state index in [1.54, 1.807) is 4.68 Å². The van der Waals surface area contributed by atoms with Crippen LogP contribution in [0.1, 0.15) is 39.3 Å². The summed E-state index contributed by atoms with van der Waals surface area (Å²) in [6.07, 6.45) is 4.07. The van der Waals surface area contributed by atoms with Crippen LogP contribution in [0.15, 0.2) is 6.20 Å². The van der Waals surface area contributed by atoms with E-state index in [1.807, 2.05) is 11.1 Å². The van der Waals surface area contributed by atoms with Crippen LogP contribution in [0.5, 0.6) is 0 Å². The molecule has 0 aromatic carbocycles. The van der Waals surface area contributed by atoms with Gasteiger partial charge in [-0.1, -0.05) is 5.21 Å². The number of nitrogens with one attached hydrogen (secondary N) is 1. The monoisotopic (exact) mass is 265 g/mol. The van der Waals surface area contributed by atoms with Gasteiger partial charge in [-0.15, -0.1) is 5.10 Å². The van der Waals surface area contributed by atoms with Gasteiger partial charge in [-0.25, -0.2) is 4.68 Å². The number of hydrogen-bond acceptors (Lipinski definition) is 4. The van der Waals surface area contributed by atoms with Crippen molar-refractivity contribution in [2.45, 2.75) is 52.2 Å². The van der Waals surface area contributed by atoms with E-state index in [9.17, 15) is 4.79 Å². The Morgan fingerprint density at radius 3 is 2.68 bits per heavy atom. The van der Waals surface area contributed by atoms with Crippen molar-refractivity contribution in [3.63, 3.8) is 0 Å². The molecule has 0 saturated carbocycles. The zero-order valence-corrected chi connectivity index (χ0v) is 12.0. The van der Waals surface area contributed by atoms with Crippen molar-refractivity contribution in [2.75, 3.05) is 13.1 Å². The Morgan fingerprint density at radius 2 is 2.05 bits per heavy atom. The number of amides is 1. The molecule has 1 aromatic heterocycles. The molecule has 1 aliphatic rings. The van der Waals surface area contributed by atoms with Crippen molar-refractivity contribution < 1.29 is 4.79 Å². The van der Waals surface area contributed by atoms with Crippen LogP contribution in [0.3, 0.4) is 0 Å². The molecule has 1 amide bonds. The van der Waals surface area contributed by atoms with Crippen LogP contribution in [0.25, 0.3) is 0 Å². The molecule has 19 heavy (non-hydrogen) atoms. The van der Waals surface area contributed by atoms with Gasteiger partial charge in [0.1, 0.15) is 6.54 Å². The Bertz CT molecular complexity index is 428. The molecule has 1 saturated heterocycles. The summed E-state index contributed by atoms with van der Waals surface area (Å²) in [4.78, 5) is 13.9. The molecule has 0 atom stereocenters. The quantitative estimate of drug-likeness (QED) is 0.874. The van der Waals surface area contributed by atoms with Gasteiger partial charge in [-0.05, 0) is 33.6 Å². The fraction of sp³-hybridized carbons (Fsp3) is 0.769. The Kier molecular flexibility index (Phi) is 4.19. The predicted octanol–water partition coefficient (Wildman–Crippen LogP) is 0.789. The number of aromatic nitrogens is 3. The highest BCUT2D eigenvalue weighted by Crippen LogP contribution is 2.08. The van der Waals surface area contributed by atoms with Crippen LogP contribution in [0.2, 0.25) is 0 Å². The summed E-state index contributed by atoms with van der Waals surface area (Å²) in [5.41, 5.74) is 0.916. The number of carbonyl (C=O) groups excluding carboxylic acids is 1. The summed E-state index contributed by atoms with van der Waals surface area (Å²) in [7, 11) is 0. The molecule has 0 spiro atoms. The molecule has 1 aliphatic heterocycles. The van der Waals surface area contributed by atoms with Crippen LogP contribution >= 0.6 is 0 Å². The van der Waals surface area contributed by atoms with E-state index in [0.29, 0.717) is 13.1 Å². The summed E-state index contributed by atoms with van der Waals surface area (Å²) in [5.74, 6) is 0.137. The van der Waals surface area contributed by atoms with Gasteiger partial charge >= 0.3 is 0 Å². The Labute approximate surface area is 114 Å². The fourth-order valence-electron chi connectivity index (χ4n) is 2.06. The van der Waals surface area contributed by atoms with Crippen molar-refractivity contribution >= 4 is 5.91 Å². The smallest absolute Gasteiger partial charge is 0.244 e. The molecule has 6 heteroatoms. The van der Waals surface area contributed by atoms with Gasteiger partial charge in [0.05, 0.1) is 11.9 Å². The van der Waals surface area contributed by atoms with E-state index < -0.39 is 0 Å². The SMILES string of the molecule is CC(C)(C)NCc1cn(CC(=O)N2CCCC2)nn1. The lowest BCUT2D eigenvalue weighted by atomic mass is 10.1. The van der Waals surface area contributed by atoms with Crippen LogP contribution in [0.4, 0.5) is 0 Å². The number of rotatable bonds is 4. The second-order valence-electron chi connectivity index (χ2n) is 6.10. The van der Waals surface area contributed by atoms with Gasteiger partial charge in [-0.2, -0.15) is 0 Å². The van der Waals surface area contributed by atoms with E-state index >= 15 is 0 Å². The lowest BCUT2D eigenvalue weighted by Crippen LogP contribution is -2.35. The van der Waals surface area contributed by atoms with Crippen LogP contribution in [0, 0.1) is 0 Å². The molecule has 0 unspecified atom stereocenters. The first-order valence-corrected chi connectivity index (χ1v) is 6.86. The first kappa shape index (κ1) is 14.0. The third kappa shape index (κ3) is 4.31. The molecule has 0 aliphatic carbocycles. The minimum atomic E-state index is 0.0507. The highest BCUT2D eigenvalue weighted by atomic mass is 16.2. The Morgan fingerprint density at radius 1 is 1.37 bits per heavy atom. The second-order valence-corrected chi connectivity index (χ2v) is 6.10. The standard InChI is InChI=1S/C13H23N5O/c1-13(2,3)14-8-11-9-18(16-15-11)10-12(19)17-6-4-5-7-17/h9,14H,4-8,10H2,1-3H3. The van der Waals surface area contributed by atoms with Crippen molar-refractivity contribution in [1.82, 2.24) is 25.2 Å². The zero-order chi connectivity index (χ0) is 13.9. The summed E-state index contributed by atoms with van der Waals surface area (Å²) in [5, 5.41) is 11.4. The number of carbonyl (C=O) groups is 1. The third-order valence-corrected chi connectivity index (χ3v) is 3.14. The molecule has 0 bridgehead atoms. The summed E-state index contributed by atoms with van der Waals surface area (Å²) < 4.78 is 1.63. The van der Waals surface area contributed by atoms with Crippen molar-refractivity contribution in [2.24, 2.45) is 0 Å². The number of nitrogens with zero attached hydrogens (tertiary/aromatic N) is 4. The topological polar surface area (TPSA) is 63.1 Å². The van der Waals surface area contributed by atoms with E-state index in [1.165, 1.54) is 0 Å². The maximum absolute atomic E-state index is 12.0. The molecule has 0 radical (unpaired) electrons. The van der Waals surface area contributed by atoms with E-state index in [2.05, 4.69) is 36.4 Å². The average Bonchev–Trinajstić information content (AvgIpc) is 2.96. The van der Waals surface area contributed by atoms with Gasteiger partial charge in [0.25, 0.3) is 0 Å². The lowest BCUT2D eigenvalue weighted by molar-refractivity contribution is -0.130. The van der Waals surface area contributed by atoms with Crippen molar-refractivity contribution in [3.05, 3.63) is 11.9 Å². The molecule has 1 fully saturated rings. The Balaban J connectivity index is 1.85. The summed E-state index contributed by atoms with van der Waals surface area (Å²) >= 11 is 0. The molecule has 6 nitrogen and oxygen atoms in total. The first-order valence-electron chi connectivity index (χ1n) is 6.86. The van der Waals surface area contributed by atoms with E-state index in [-0.39, 0.29) is 11.4 Å². The minimum absolute atomic E-state index is 0.0507. The van der Waals surface area contributed by atoms with Crippen LogP contribution < -0.4 is 5.32 Å². The first-order chi connectivity index (χ1) is 8.94. The van der Waals surface area contributed by atoms with E-state index in [0.717, 1.165) is 31.6 Å². The highest BCUT2D eigenvalue weighted by Gasteiger charge is 2.18. The molecule has 2 heterocycles. The number of hydrogen-bond donors (Lipinski definition) is 1. The van der Waals surface area contributed by atoms with Crippen molar-refractivity contribution in [3.8, 4) is 0 Å². The van der Waals surface area contributed by atoms with Gasteiger partial charge in [0, 0.05) is 25.2 Å². The summed E-state index contributed by atoms with van der Waals surface area (Å²) in [6, 6.07) is 0. The van der Waals surface area contributed by atoms with Gasteiger partial charge in [-0.3, -0.25) is 4.79 Å². The second kappa shape index (κ2) is 5.69. The lowest BCUT2D eigenvalue weighted by Gasteiger charge is -2.19.